The third kappa shape index (κ3) is 8.15. The summed E-state index contributed by atoms with van der Waals surface area (Å²) >= 11 is 0. The molecule has 0 aliphatic heterocycles. The van der Waals surface area contributed by atoms with E-state index in [-0.39, 0.29) is 17.7 Å². The molecule has 0 aromatic heterocycles. The lowest BCUT2D eigenvalue weighted by Crippen LogP contribution is -2.24. The highest BCUT2D eigenvalue weighted by atomic mass is 16.1. The van der Waals surface area contributed by atoms with Crippen LogP contribution in [0.5, 0.6) is 0 Å². The monoisotopic (exact) mass is 252 g/mol. The second-order valence-electron chi connectivity index (χ2n) is 5.47. The van der Waals surface area contributed by atoms with Crippen LogP contribution in [0.25, 0.3) is 0 Å². The van der Waals surface area contributed by atoms with Crippen LogP contribution in [0.4, 0.5) is 0 Å². The van der Waals surface area contributed by atoms with Crippen LogP contribution in [-0.4, -0.2) is 29.8 Å². The molecule has 18 heavy (non-hydrogen) atoms. The SMILES string of the molecule is CC(C)=NCCCCC(N=C(C)C)C(=O)C(C)C. The first-order valence-corrected chi connectivity index (χ1v) is 6.87. The molecule has 0 N–H and O–H groups in total. The molecule has 0 aromatic rings. The average molecular weight is 252 g/mol. The van der Waals surface area contributed by atoms with Crippen LogP contribution in [0.3, 0.4) is 0 Å². The number of aliphatic imine (C=N–C) groups is 2. The summed E-state index contributed by atoms with van der Waals surface area (Å²) in [6.07, 6.45) is 2.89. The van der Waals surface area contributed by atoms with Crippen molar-refractivity contribution in [1.29, 1.82) is 0 Å². The smallest absolute Gasteiger partial charge is 0.159 e. The van der Waals surface area contributed by atoms with Gasteiger partial charge in [0, 0.05) is 23.9 Å². The van der Waals surface area contributed by atoms with E-state index in [0.717, 1.165) is 37.2 Å². The summed E-state index contributed by atoms with van der Waals surface area (Å²) in [5.41, 5.74) is 2.10. The Hall–Kier alpha value is -0.990. The van der Waals surface area contributed by atoms with Crippen molar-refractivity contribution in [3.05, 3.63) is 0 Å². The highest BCUT2D eigenvalue weighted by molar-refractivity contribution is 5.89. The van der Waals surface area contributed by atoms with Gasteiger partial charge < -0.3 is 0 Å². The maximum atomic E-state index is 12.0. The summed E-state index contributed by atoms with van der Waals surface area (Å²) in [6.45, 7) is 12.7. The van der Waals surface area contributed by atoms with Gasteiger partial charge in [0.15, 0.2) is 5.78 Å². The van der Waals surface area contributed by atoms with E-state index < -0.39 is 0 Å². The van der Waals surface area contributed by atoms with E-state index in [1.54, 1.807) is 0 Å². The Kier molecular flexibility index (Phi) is 8.51. The summed E-state index contributed by atoms with van der Waals surface area (Å²) in [4.78, 5) is 20.8. The maximum Gasteiger partial charge on any atom is 0.159 e. The Balaban J connectivity index is 4.23. The molecule has 0 saturated carbocycles. The third-order valence-corrected chi connectivity index (χ3v) is 2.63. The van der Waals surface area contributed by atoms with Crippen molar-refractivity contribution in [3.63, 3.8) is 0 Å². The van der Waals surface area contributed by atoms with Gasteiger partial charge in [-0.25, -0.2) is 0 Å². The number of hydrogen-bond acceptors (Lipinski definition) is 3. The quantitative estimate of drug-likeness (QED) is 0.479. The third-order valence-electron chi connectivity index (χ3n) is 2.63. The number of hydrogen-bond donors (Lipinski definition) is 0. The zero-order chi connectivity index (χ0) is 14.1. The van der Waals surface area contributed by atoms with Crippen LogP contribution in [0.2, 0.25) is 0 Å². The highest BCUT2D eigenvalue weighted by Crippen LogP contribution is 2.12. The zero-order valence-corrected chi connectivity index (χ0v) is 12.8. The van der Waals surface area contributed by atoms with E-state index in [1.165, 1.54) is 0 Å². The molecule has 1 unspecified atom stereocenters. The molecular weight excluding hydrogens is 224 g/mol. The lowest BCUT2D eigenvalue weighted by molar-refractivity contribution is -0.123. The van der Waals surface area contributed by atoms with Gasteiger partial charge in [0.2, 0.25) is 0 Å². The van der Waals surface area contributed by atoms with E-state index >= 15 is 0 Å². The molecule has 1 atom stereocenters. The lowest BCUT2D eigenvalue weighted by Gasteiger charge is -2.14. The van der Waals surface area contributed by atoms with Crippen molar-refractivity contribution < 1.29 is 4.79 Å². The van der Waals surface area contributed by atoms with E-state index in [2.05, 4.69) is 9.98 Å². The van der Waals surface area contributed by atoms with E-state index in [1.807, 2.05) is 41.5 Å². The fourth-order valence-electron chi connectivity index (χ4n) is 1.72. The molecule has 3 nitrogen and oxygen atoms in total. The molecule has 0 saturated heterocycles. The van der Waals surface area contributed by atoms with Crippen molar-refractivity contribution in [1.82, 2.24) is 0 Å². The number of ketones is 1. The number of unbranched alkanes of at least 4 members (excludes halogenated alkanes) is 1. The molecule has 0 radical (unpaired) electrons. The lowest BCUT2D eigenvalue weighted by atomic mass is 9.97. The van der Waals surface area contributed by atoms with Gasteiger partial charge in [0.25, 0.3) is 0 Å². The topological polar surface area (TPSA) is 41.8 Å². The van der Waals surface area contributed by atoms with Crippen molar-refractivity contribution in [3.8, 4) is 0 Å². The molecule has 0 aliphatic carbocycles. The zero-order valence-electron chi connectivity index (χ0n) is 12.8. The predicted octanol–water partition coefficient (Wildman–Crippen LogP) is 3.71. The molecule has 0 aliphatic rings. The minimum absolute atomic E-state index is 0.0639. The summed E-state index contributed by atoms with van der Waals surface area (Å²) in [7, 11) is 0. The van der Waals surface area contributed by atoms with Gasteiger partial charge >= 0.3 is 0 Å². The molecule has 0 amide bonds. The Morgan fingerprint density at radius 3 is 2.06 bits per heavy atom. The second kappa shape index (κ2) is 9.01. The molecule has 104 valence electrons. The number of carbonyl (C=O) groups excluding carboxylic acids is 1. The first-order chi connectivity index (χ1) is 8.34. The minimum Gasteiger partial charge on any atom is -0.297 e. The maximum absolute atomic E-state index is 12.0. The van der Waals surface area contributed by atoms with Crippen LogP contribution >= 0.6 is 0 Å². The average Bonchev–Trinajstić information content (AvgIpc) is 2.24. The Bertz CT molecular complexity index is 308. The van der Waals surface area contributed by atoms with Gasteiger partial charge in [-0.15, -0.1) is 0 Å². The number of carbonyl (C=O) groups is 1. The molecule has 0 heterocycles. The van der Waals surface area contributed by atoms with Crippen molar-refractivity contribution in [2.24, 2.45) is 15.9 Å². The van der Waals surface area contributed by atoms with Gasteiger partial charge in [-0.2, -0.15) is 0 Å². The van der Waals surface area contributed by atoms with Crippen molar-refractivity contribution >= 4 is 17.2 Å². The Labute approximate surface area is 112 Å². The normalized spacial score (nSPS) is 12.2. The predicted molar refractivity (Wildman–Crippen MR) is 79.9 cm³/mol. The van der Waals surface area contributed by atoms with Gasteiger partial charge in [-0.1, -0.05) is 13.8 Å². The molecule has 0 spiro atoms. The number of Topliss-reactive ketones (excluding diaryl/α,β-unsaturated/α-hetero) is 1. The summed E-state index contributed by atoms with van der Waals surface area (Å²) in [6, 6.07) is -0.151. The molecule has 0 bridgehead atoms. The summed E-state index contributed by atoms with van der Waals surface area (Å²) < 4.78 is 0. The van der Waals surface area contributed by atoms with Crippen molar-refractivity contribution in [2.75, 3.05) is 6.54 Å². The fourth-order valence-corrected chi connectivity index (χ4v) is 1.72. The van der Waals surface area contributed by atoms with Crippen LogP contribution in [0.15, 0.2) is 9.98 Å². The highest BCUT2D eigenvalue weighted by Gasteiger charge is 2.19. The second-order valence-corrected chi connectivity index (χ2v) is 5.47. The van der Waals surface area contributed by atoms with Crippen LogP contribution in [-0.2, 0) is 4.79 Å². The standard InChI is InChI=1S/C15H28N2O/c1-11(2)15(18)14(17-13(5)6)9-7-8-10-16-12(3)4/h11,14H,7-10H2,1-6H3. The fraction of sp³-hybridized carbons (Fsp3) is 0.800. The molecule has 0 fully saturated rings. The van der Waals surface area contributed by atoms with Crippen LogP contribution < -0.4 is 0 Å². The van der Waals surface area contributed by atoms with E-state index in [9.17, 15) is 4.79 Å². The number of nitrogens with zero attached hydrogens (tertiary/aromatic N) is 2. The minimum atomic E-state index is -0.151. The van der Waals surface area contributed by atoms with Crippen LogP contribution in [0.1, 0.15) is 60.8 Å². The van der Waals surface area contributed by atoms with Crippen LogP contribution in [0, 0.1) is 5.92 Å². The Morgan fingerprint density at radius 1 is 1.00 bits per heavy atom. The largest absolute Gasteiger partial charge is 0.297 e. The molecule has 0 aromatic carbocycles. The summed E-state index contributed by atoms with van der Waals surface area (Å²) in [5.74, 6) is 0.320. The molecule has 0 rings (SSSR count). The van der Waals surface area contributed by atoms with Gasteiger partial charge in [0.1, 0.15) is 6.04 Å². The van der Waals surface area contributed by atoms with E-state index in [0.29, 0.717) is 0 Å². The van der Waals surface area contributed by atoms with Gasteiger partial charge in [-0.05, 0) is 47.0 Å². The molecular formula is C15H28N2O. The van der Waals surface area contributed by atoms with Gasteiger partial charge in [0.05, 0.1) is 0 Å². The molecule has 3 heteroatoms. The number of rotatable bonds is 8. The summed E-state index contributed by atoms with van der Waals surface area (Å²) in [5, 5.41) is 0. The first kappa shape index (κ1) is 17.0. The first-order valence-electron chi connectivity index (χ1n) is 6.87. The van der Waals surface area contributed by atoms with E-state index in [4.69, 9.17) is 0 Å². The Morgan fingerprint density at radius 2 is 1.61 bits per heavy atom. The van der Waals surface area contributed by atoms with Gasteiger partial charge in [-0.3, -0.25) is 14.8 Å². The van der Waals surface area contributed by atoms with Crippen molar-refractivity contribution in [2.45, 2.75) is 66.8 Å².